The predicted molar refractivity (Wildman–Crippen MR) is 97.6 cm³/mol. The Morgan fingerprint density at radius 3 is 3.00 bits per heavy atom. The quantitative estimate of drug-likeness (QED) is 0.869. The first kappa shape index (κ1) is 15.8. The van der Waals surface area contributed by atoms with Crippen LogP contribution in [0.25, 0.3) is 0 Å². The molecule has 4 nitrogen and oxygen atoms in total. The van der Waals surface area contributed by atoms with E-state index in [-0.39, 0.29) is 18.3 Å². The number of aliphatic hydroxyl groups excluding tert-OH is 1. The fraction of sp³-hybridized carbons (Fsp3) is 0.667. The van der Waals surface area contributed by atoms with Crippen molar-refractivity contribution in [2.24, 2.45) is 17.8 Å². The summed E-state index contributed by atoms with van der Waals surface area (Å²) in [6, 6.07) is 9.78. The maximum absolute atomic E-state index is 12.3. The van der Waals surface area contributed by atoms with Gasteiger partial charge in [0.25, 0.3) is 0 Å². The standard InChI is InChI=1S/C21H28N2O2/c24-12-20(25)15-6-3-4-13-11-23-9-8-16-14-5-1-2-7-18(14)22-21(16)19(23)10-17(13)15/h1-2,5,7,13,15-17,19,21-22,24H,3-4,6,8-12H2/t13-,15-,16?,17-,19-,21?/m0/s1. The van der Waals surface area contributed by atoms with Crippen LogP contribution in [0.15, 0.2) is 24.3 Å². The van der Waals surface area contributed by atoms with Gasteiger partial charge in [-0.2, -0.15) is 0 Å². The van der Waals surface area contributed by atoms with E-state index in [0.29, 0.717) is 29.8 Å². The van der Waals surface area contributed by atoms with Gasteiger partial charge in [0.05, 0.1) is 0 Å². The van der Waals surface area contributed by atoms with Crippen molar-refractivity contribution in [1.29, 1.82) is 0 Å². The van der Waals surface area contributed by atoms with Gasteiger partial charge in [-0.05, 0) is 55.7 Å². The summed E-state index contributed by atoms with van der Waals surface area (Å²) in [4.78, 5) is 15.0. The molecule has 134 valence electrons. The van der Waals surface area contributed by atoms with E-state index in [1.54, 1.807) is 0 Å². The molecule has 1 aliphatic carbocycles. The van der Waals surface area contributed by atoms with E-state index in [1.165, 1.54) is 30.6 Å². The van der Waals surface area contributed by atoms with E-state index in [1.807, 2.05) is 0 Å². The van der Waals surface area contributed by atoms with Gasteiger partial charge in [0.15, 0.2) is 5.78 Å². The van der Waals surface area contributed by atoms with Crippen LogP contribution in [0.5, 0.6) is 0 Å². The lowest BCUT2D eigenvalue weighted by Gasteiger charge is -2.53. The molecule has 3 aliphatic heterocycles. The lowest BCUT2D eigenvalue weighted by atomic mass is 9.63. The van der Waals surface area contributed by atoms with Crippen molar-refractivity contribution < 1.29 is 9.90 Å². The summed E-state index contributed by atoms with van der Waals surface area (Å²) in [5, 5.41) is 13.2. The Balaban J connectivity index is 1.41. The number of fused-ring (bicyclic) bond motifs is 6. The molecule has 25 heavy (non-hydrogen) atoms. The van der Waals surface area contributed by atoms with Gasteiger partial charge < -0.3 is 10.4 Å². The smallest absolute Gasteiger partial charge is 0.161 e. The molecule has 1 aromatic rings. The van der Waals surface area contributed by atoms with Gasteiger partial charge in [0.1, 0.15) is 6.61 Å². The van der Waals surface area contributed by atoms with Crippen LogP contribution in [0.4, 0.5) is 5.69 Å². The monoisotopic (exact) mass is 340 g/mol. The second kappa shape index (κ2) is 6.10. The zero-order valence-electron chi connectivity index (χ0n) is 14.7. The fourth-order valence-electron chi connectivity index (χ4n) is 6.38. The van der Waals surface area contributed by atoms with Crippen LogP contribution in [-0.4, -0.2) is 47.6 Å². The SMILES string of the molecule is O=C(CO)[C@H]1CCC[C@H]2CN3CCC4c5ccccc5NC4[C@@H]3C[C@@H]21. The Morgan fingerprint density at radius 2 is 2.12 bits per heavy atom. The number of Topliss-reactive ketones (excluding diaryl/α,β-unsaturated/α-hetero) is 1. The Morgan fingerprint density at radius 1 is 1.24 bits per heavy atom. The number of rotatable bonds is 2. The minimum atomic E-state index is -0.280. The average Bonchev–Trinajstić information content (AvgIpc) is 3.04. The Bertz CT molecular complexity index is 676. The highest BCUT2D eigenvalue weighted by molar-refractivity contribution is 5.82. The van der Waals surface area contributed by atoms with Gasteiger partial charge in [-0.25, -0.2) is 0 Å². The molecule has 4 aliphatic rings. The number of carbonyl (C=O) groups is 1. The molecule has 1 aromatic carbocycles. The normalized spacial score (nSPS) is 39.6. The number of anilines is 1. The maximum atomic E-state index is 12.3. The first-order valence-electron chi connectivity index (χ1n) is 9.99. The summed E-state index contributed by atoms with van der Waals surface area (Å²) in [6.45, 7) is 2.05. The Labute approximate surface area is 149 Å². The van der Waals surface area contributed by atoms with Gasteiger partial charge in [-0.3, -0.25) is 9.69 Å². The average molecular weight is 340 g/mol. The van der Waals surface area contributed by atoms with E-state index in [0.717, 1.165) is 25.8 Å². The van der Waals surface area contributed by atoms with Crippen LogP contribution in [0.1, 0.15) is 43.6 Å². The molecule has 0 spiro atoms. The number of aliphatic hydroxyl groups is 1. The molecular weight excluding hydrogens is 312 g/mol. The van der Waals surface area contributed by atoms with Crippen molar-refractivity contribution in [3.05, 3.63) is 29.8 Å². The summed E-state index contributed by atoms with van der Waals surface area (Å²) in [6.07, 6.45) is 5.73. The molecule has 3 fully saturated rings. The number of nitrogens with one attached hydrogen (secondary N) is 1. The van der Waals surface area contributed by atoms with Crippen molar-refractivity contribution in [2.75, 3.05) is 25.0 Å². The number of piperidine rings is 2. The van der Waals surface area contributed by atoms with E-state index in [9.17, 15) is 9.90 Å². The van der Waals surface area contributed by atoms with Crippen LogP contribution in [0.3, 0.4) is 0 Å². The summed E-state index contributed by atoms with van der Waals surface area (Å²) in [7, 11) is 0. The van der Waals surface area contributed by atoms with Crippen molar-refractivity contribution in [3.8, 4) is 0 Å². The van der Waals surface area contributed by atoms with Crippen molar-refractivity contribution >= 4 is 11.5 Å². The van der Waals surface area contributed by atoms with E-state index in [2.05, 4.69) is 34.5 Å². The summed E-state index contributed by atoms with van der Waals surface area (Å²) in [5.74, 6) is 1.91. The molecule has 2 saturated heterocycles. The molecule has 1 saturated carbocycles. The molecule has 2 unspecified atom stereocenters. The van der Waals surface area contributed by atoms with Gasteiger partial charge >= 0.3 is 0 Å². The number of benzene rings is 1. The van der Waals surface area contributed by atoms with Gasteiger partial charge in [-0.15, -0.1) is 0 Å². The molecule has 0 radical (unpaired) electrons. The van der Waals surface area contributed by atoms with Gasteiger partial charge in [0, 0.05) is 36.2 Å². The predicted octanol–water partition coefficient (Wildman–Crippen LogP) is 2.64. The van der Waals surface area contributed by atoms with Gasteiger partial charge in [-0.1, -0.05) is 24.6 Å². The summed E-state index contributed by atoms with van der Waals surface area (Å²) >= 11 is 0. The molecule has 2 N–H and O–H groups in total. The third-order valence-corrected chi connectivity index (χ3v) is 7.49. The number of hydrogen-bond acceptors (Lipinski definition) is 4. The third kappa shape index (κ3) is 2.45. The van der Waals surface area contributed by atoms with E-state index >= 15 is 0 Å². The van der Waals surface area contributed by atoms with Crippen LogP contribution < -0.4 is 5.32 Å². The Hall–Kier alpha value is -1.39. The summed E-state index contributed by atoms with van der Waals surface area (Å²) in [5.41, 5.74) is 2.80. The molecular formula is C21H28N2O2. The number of para-hydroxylation sites is 1. The Kier molecular flexibility index (Phi) is 3.86. The molecule has 4 heteroatoms. The number of hydrogen-bond donors (Lipinski definition) is 2. The highest BCUT2D eigenvalue weighted by Gasteiger charge is 2.50. The lowest BCUT2D eigenvalue weighted by Crippen LogP contribution is -2.60. The van der Waals surface area contributed by atoms with Crippen LogP contribution in [-0.2, 0) is 4.79 Å². The molecule has 5 rings (SSSR count). The molecule has 6 atom stereocenters. The second-order valence-electron chi connectivity index (χ2n) is 8.54. The topological polar surface area (TPSA) is 52.6 Å². The largest absolute Gasteiger partial charge is 0.389 e. The minimum Gasteiger partial charge on any atom is -0.389 e. The molecule has 3 heterocycles. The highest BCUT2D eigenvalue weighted by atomic mass is 16.3. The van der Waals surface area contributed by atoms with Crippen molar-refractivity contribution in [3.63, 3.8) is 0 Å². The van der Waals surface area contributed by atoms with Gasteiger partial charge in [0.2, 0.25) is 0 Å². The maximum Gasteiger partial charge on any atom is 0.161 e. The molecule has 0 amide bonds. The van der Waals surface area contributed by atoms with Crippen LogP contribution >= 0.6 is 0 Å². The fourth-order valence-corrected chi connectivity index (χ4v) is 6.38. The third-order valence-electron chi connectivity index (χ3n) is 7.49. The lowest BCUT2D eigenvalue weighted by molar-refractivity contribution is -0.132. The van der Waals surface area contributed by atoms with Crippen LogP contribution in [0, 0.1) is 17.8 Å². The van der Waals surface area contributed by atoms with E-state index in [4.69, 9.17) is 0 Å². The van der Waals surface area contributed by atoms with Crippen LogP contribution in [0.2, 0.25) is 0 Å². The zero-order valence-corrected chi connectivity index (χ0v) is 14.7. The van der Waals surface area contributed by atoms with E-state index < -0.39 is 0 Å². The zero-order chi connectivity index (χ0) is 17.0. The minimum absolute atomic E-state index is 0.0816. The number of carbonyl (C=O) groups excluding carboxylic acids is 1. The van der Waals surface area contributed by atoms with Crippen molar-refractivity contribution in [1.82, 2.24) is 4.90 Å². The second-order valence-corrected chi connectivity index (χ2v) is 8.54. The number of ketones is 1. The van der Waals surface area contributed by atoms with Crippen molar-refractivity contribution in [2.45, 2.75) is 50.1 Å². The molecule has 0 aromatic heterocycles. The summed E-state index contributed by atoms with van der Waals surface area (Å²) < 4.78 is 0. The highest BCUT2D eigenvalue weighted by Crippen LogP contribution is 2.49. The number of nitrogens with zero attached hydrogens (tertiary/aromatic N) is 1. The molecule has 0 bridgehead atoms. The first-order chi connectivity index (χ1) is 12.3. The first-order valence-corrected chi connectivity index (χ1v) is 9.99.